The largest absolute Gasteiger partial charge is 0.456 e. The smallest absolute Gasteiger partial charge is 0.369 e. The van der Waals surface area contributed by atoms with E-state index in [0.717, 1.165) is 0 Å². The lowest BCUT2D eigenvalue weighted by Crippen LogP contribution is -2.31. The first kappa shape index (κ1) is 19.9. The fourth-order valence-electron chi connectivity index (χ4n) is 2.76. The second-order valence-corrected chi connectivity index (χ2v) is 10.2. The fraction of sp³-hybridized carbons (Fsp3) is 0.188. The zero-order valence-electron chi connectivity index (χ0n) is 13.7. The molecule has 0 amide bonds. The average molecular weight is 414 g/mol. The quantitative estimate of drug-likeness (QED) is 0.461. The Balaban J connectivity index is 2.03. The van der Waals surface area contributed by atoms with Crippen molar-refractivity contribution in [2.24, 2.45) is 0 Å². The first-order valence-electron chi connectivity index (χ1n) is 7.69. The average Bonchev–Trinajstić information content (AvgIpc) is 2.69. The Kier molecular flexibility index (Phi) is 4.91. The summed E-state index contributed by atoms with van der Waals surface area (Å²) in [7, 11) is -11.2. The van der Waals surface area contributed by atoms with Crippen molar-refractivity contribution in [3.63, 3.8) is 0 Å². The van der Waals surface area contributed by atoms with Crippen LogP contribution in [0.3, 0.4) is 0 Å². The normalized spacial score (nSPS) is 17.3. The van der Waals surface area contributed by atoms with Crippen LogP contribution in [0, 0.1) is 0 Å². The van der Waals surface area contributed by atoms with Gasteiger partial charge in [0, 0.05) is 12.0 Å². The van der Waals surface area contributed by atoms with Crippen LogP contribution < -0.4 is 4.74 Å². The van der Waals surface area contributed by atoms with E-state index in [0.29, 0.717) is 17.8 Å². The summed E-state index contributed by atoms with van der Waals surface area (Å²) in [4.78, 5) is 49.5. The molecule has 2 aliphatic rings. The number of fused-ring (bicyclic) bond motifs is 2. The van der Waals surface area contributed by atoms with Crippen LogP contribution in [0.5, 0.6) is 5.75 Å². The zero-order chi connectivity index (χ0) is 20.0. The molecule has 1 aliphatic heterocycles. The number of carbonyl (C=O) groups excluding carboxylic acids is 1. The molecule has 0 unspecified atom stereocenters. The molecule has 5 N–H and O–H groups in total. The Morgan fingerprint density at radius 3 is 2.41 bits per heavy atom. The van der Waals surface area contributed by atoms with Crippen molar-refractivity contribution in [2.75, 3.05) is 0 Å². The number of hydrogen-bond donors (Lipinski definition) is 5. The molecule has 0 saturated carbocycles. The summed E-state index contributed by atoms with van der Waals surface area (Å²) in [5.74, 6) is 0.239. The summed E-state index contributed by atoms with van der Waals surface area (Å²) in [6.07, 6.45) is 6.11. The number of rotatable bonds is 4. The Bertz CT molecular complexity index is 971. The molecule has 1 aromatic carbocycles. The molecule has 0 bridgehead atoms. The van der Waals surface area contributed by atoms with Crippen LogP contribution in [-0.4, -0.2) is 35.5 Å². The second kappa shape index (κ2) is 6.65. The van der Waals surface area contributed by atoms with E-state index in [9.17, 15) is 38.6 Å². The molecule has 0 spiro atoms. The van der Waals surface area contributed by atoms with Crippen molar-refractivity contribution in [3.05, 3.63) is 65.0 Å². The van der Waals surface area contributed by atoms with Crippen LogP contribution in [0.25, 0.3) is 0 Å². The maximum atomic E-state index is 12.5. The molecule has 1 heterocycles. The molecule has 0 atom stereocenters. The van der Waals surface area contributed by atoms with Crippen LogP contribution in [0.1, 0.15) is 22.3 Å². The predicted molar refractivity (Wildman–Crippen MR) is 94.1 cm³/mol. The maximum absolute atomic E-state index is 12.5. The highest BCUT2D eigenvalue weighted by atomic mass is 31.2. The van der Waals surface area contributed by atoms with E-state index in [1.54, 1.807) is 12.2 Å². The summed E-state index contributed by atoms with van der Waals surface area (Å²) < 4.78 is 28.7. The van der Waals surface area contributed by atoms with Crippen molar-refractivity contribution in [1.29, 1.82) is 0 Å². The molecule has 27 heavy (non-hydrogen) atoms. The summed E-state index contributed by atoms with van der Waals surface area (Å²) in [6, 6.07) is 3.81. The molecule has 1 aromatic rings. The van der Waals surface area contributed by atoms with Gasteiger partial charge in [-0.1, -0.05) is 18.2 Å². The third-order valence-electron chi connectivity index (χ3n) is 4.25. The Morgan fingerprint density at radius 2 is 1.78 bits per heavy atom. The minimum atomic E-state index is -5.60. The molecule has 9 nitrogen and oxygen atoms in total. The number of ether oxygens (including phenoxy) is 1. The van der Waals surface area contributed by atoms with Crippen molar-refractivity contribution in [3.8, 4) is 5.75 Å². The van der Waals surface area contributed by atoms with Gasteiger partial charge in [0.05, 0.1) is 5.56 Å². The van der Waals surface area contributed by atoms with Crippen molar-refractivity contribution in [2.45, 2.75) is 17.9 Å². The van der Waals surface area contributed by atoms with Gasteiger partial charge in [-0.3, -0.25) is 13.9 Å². The van der Waals surface area contributed by atoms with Gasteiger partial charge in [-0.15, -0.1) is 0 Å². The zero-order valence-corrected chi connectivity index (χ0v) is 15.5. The molecule has 144 valence electrons. The first-order valence-corrected chi connectivity index (χ1v) is 10.9. The van der Waals surface area contributed by atoms with Gasteiger partial charge < -0.3 is 29.4 Å². The number of allylic oxidation sites excluding steroid dienone is 5. The van der Waals surface area contributed by atoms with Crippen molar-refractivity contribution >= 4 is 21.0 Å². The number of carbonyl (C=O) groups is 1. The van der Waals surface area contributed by atoms with Crippen LogP contribution in [0.2, 0.25) is 0 Å². The highest BCUT2D eigenvalue weighted by molar-refractivity contribution is 7.72. The lowest BCUT2D eigenvalue weighted by Gasteiger charge is -2.29. The Labute approximate surface area is 153 Å². The van der Waals surface area contributed by atoms with E-state index in [4.69, 9.17) is 4.74 Å². The molecule has 0 saturated heterocycles. The summed E-state index contributed by atoms with van der Waals surface area (Å²) in [5.41, 5.74) is 0.659. The van der Waals surface area contributed by atoms with E-state index in [-0.39, 0.29) is 16.9 Å². The van der Waals surface area contributed by atoms with Crippen LogP contribution in [0.4, 0.5) is 0 Å². The summed E-state index contributed by atoms with van der Waals surface area (Å²) >= 11 is 0. The third kappa shape index (κ3) is 3.63. The number of hydrogen-bond acceptors (Lipinski definition) is 5. The van der Waals surface area contributed by atoms with E-state index < -0.39 is 32.5 Å². The highest BCUT2D eigenvalue weighted by Gasteiger charge is 2.59. The predicted octanol–water partition coefficient (Wildman–Crippen LogP) is 1.58. The third-order valence-corrected chi connectivity index (χ3v) is 7.99. The van der Waals surface area contributed by atoms with Crippen molar-refractivity contribution in [1.82, 2.24) is 0 Å². The number of ketones is 1. The van der Waals surface area contributed by atoms with Crippen molar-refractivity contribution < 1.29 is 43.3 Å². The molecule has 0 fully saturated rings. The Morgan fingerprint density at radius 1 is 1.11 bits per heavy atom. The minimum absolute atomic E-state index is 0.0461. The van der Waals surface area contributed by atoms with Gasteiger partial charge in [0.1, 0.15) is 11.5 Å². The summed E-state index contributed by atoms with van der Waals surface area (Å²) in [5, 5.41) is 6.46. The lowest BCUT2D eigenvalue weighted by molar-refractivity contribution is 0.104. The highest BCUT2D eigenvalue weighted by Crippen LogP contribution is 2.68. The molecule has 3 rings (SSSR count). The number of aliphatic hydroxyl groups is 1. The van der Waals surface area contributed by atoms with E-state index >= 15 is 0 Å². The summed E-state index contributed by atoms with van der Waals surface area (Å²) in [6.45, 7) is 0. The molecule has 1 aliphatic carbocycles. The molecular formula is C16H16O9P2. The van der Waals surface area contributed by atoms with Gasteiger partial charge in [0.25, 0.3) is 5.08 Å². The standard InChI is InChI=1S/C16H16O9P2/c17-13-8-11-3-1-2-4-14(11)25-15-6-5-10(7-12(13)15)9-16(18,26(19,20)21)27(22,23)24/h1-2,4-8,18H,3,9H2,(H2,19,20,21)(H2,22,23,24). The Hall–Kier alpha value is -1.83. The SMILES string of the molecule is O=C1C=C2CC=CC=C2Oc2ccc(CC(O)(P(=O)(O)O)P(=O)(O)O)cc21. The minimum Gasteiger partial charge on any atom is -0.456 e. The molecule has 0 radical (unpaired) electrons. The molecule has 11 heteroatoms. The maximum Gasteiger partial charge on any atom is 0.369 e. The first-order chi connectivity index (χ1) is 12.4. The van der Waals surface area contributed by atoms with Gasteiger partial charge in [0.2, 0.25) is 0 Å². The topological polar surface area (TPSA) is 162 Å². The van der Waals surface area contributed by atoms with Gasteiger partial charge in [0.15, 0.2) is 5.78 Å². The molecular weight excluding hydrogens is 398 g/mol. The van der Waals surface area contributed by atoms with Gasteiger partial charge in [-0.2, -0.15) is 0 Å². The molecule has 0 aromatic heterocycles. The number of benzene rings is 1. The van der Waals surface area contributed by atoms with E-state index in [1.165, 1.54) is 24.3 Å². The van der Waals surface area contributed by atoms with Crippen LogP contribution in [0.15, 0.2) is 53.8 Å². The van der Waals surface area contributed by atoms with Crippen LogP contribution in [-0.2, 0) is 15.6 Å². The monoisotopic (exact) mass is 414 g/mol. The fourth-order valence-corrected chi connectivity index (χ4v) is 4.89. The van der Waals surface area contributed by atoms with E-state index in [2.05, 4.69) is 0 Å². The van der Waals surface area contributed by atoms with Gasteiger partial charge in [-0.05, 0) is 36.3 Å². The van der Waals surface area contributed by atoms with E-state index in [1.807, 2.05) is 6.08 Å². The lowest BCUT2D eigenvalue weighted by atomic mass is 10.0. The van der Waals surface area contributed by atoms with Gasteiger partial charge >= 0.3 is 15.2 Å². The van der Waals surface area contributed by atoms with Gasteiger partial charge in [-0.25, -0.2) is 0 Å². The second-order valence-electron chi connectivity index (χ2n) is 6.17. The van der Waals surface area contributed by atoms with Crippen LogP contribution >= 0.6 is 15.2 Å².